The van der Waals surface area contributed by atoms with Crippen molar-refractivity contribution in [2.45, 2.75) is 6.92 Å². The van der Waals surface area contributed by atoms with Crippen molar-refractivity contribution >= 4 is 17.1 Å². The maximum absolute atomic E-state index is 11.1. The Balaban J connectivity index is 0.00000121. The van der Waals surface area contributed by atoms with Gasteiger partial charge in [0.25, 0.3) is 0 Å². The molecule has 0 unspecified atom stereocenters. The molecule has 0 radical (unpaired) electrons. The van der Waals surface area contributed by atoms with E-state index in [9.17, 15) is 9.90 Å². The number of carbonyl (C=O) groups excluding carboxylic acids is 1. The largest absolute Gasteiger partial charge is 1.00 e. The van der Waals surface area contributed by atoms with Crippen LogP contribution in [-0.2, 0) is 0 Å². The van der Waals surface area contributed by atoms with Crippen molar-refractivity contribution in [3.05, 3.63) is 34.2 Å². The minimum Gasteiger partial charge on any atom is -0.878 e. The van der Waals surface area contributed by atoms with Crippen molar-refractivity contribution in [3.63, 3.8) is 0 Å². The van der Waals surface area contributed by atoms with Crippen molar-refractivity contribution in [2.24, 2.45) is 0 Å². The van der Waals surface area contributed by atoms with Gasteiger partial charge in [-0.15, -0.1) is 17.6 Å². The van der Waals surface area contributed by atoms with Gasteiger partial charge in [-0.2, -0.15) is 0 Å². The molecule has 0 saturated carbocycles. The average molecular weight is 190 g/mol. The first-order chi connectivity index (χ1) is 5.25. The summed E-state index contributed by atoms with van der Waals surface area (Å²) in [6.45, 7) is 1.85. The van der Waals surface area contributed by atoms with E-state index in [2.05, 4.69) is 0 Å². The second kappa shape index (κ2) is 5.54. The van der Waals surface area contributed by atoms with Crippen LogP contribution in [0.1, 0.15) is 15.2 Å². The molecule has 0 aliphatic carbocycles. The first kappa shape index (κ1) is 11.9. The van der Waals surface area contributed by atoms with Gasteiger partial charge in [-0.3, -0.25) is 4.79 Å². The van der Waals surface area contributed by atoms with Crippen molar-refractivity contribution in [3.8, 4) is 0 Å². The molecule has 1 rings (SSSR count). The molecule has 2 nitrogen and oxygen atoms in total. The maximum atomic E-state index is 11.1. The van der Waals surface area contributed by atoms with Gasteiger partial charge in [0.1, 0.15) is 0 Å². The fourth-order valence-electron chi connectivity index (χ4n) is 0.763. The standard InChI is InChI=1S/C8H8O2S.Na/c1-6-3-5-11-8(6)7(10)2-4-9;/h2-5,9H,1H3;/q;+1/p-1. The Labute approximate surface area is 97.2 Å². The van der Waals surface area contributed by atoms with Gasteiger partial charge in [0.05, 0.1) is 4.88 Å². The molecule has 0 saturated heterocycles. The summed E-state index contributed by atoms with van der Waals surface area (Å²) < 4.78 is 0. The number of aryl methyl sites for hydroxylation is 1. The normalized spacial score (nSPS) is 9.75. The second-order valence-corrected chi connectivity index (χ2v) is 3.02. The Morgan fingerprint density at radius 2 is 2.33 bits per heavy atom. The Bertz CT molecular complexity index is 291. The quantitative estimate of drug-likeness (QED) is 0.237. The van der Waals surface area contributed by atoms with Crippen LogP contribution in [0, 0.1) is 6.92 Å². The molecule has 0 atom stereocenters. The summed E-state index contributed by atoms with van der Waals surface area (Å²) in [6.07, 6.45) is 1.56. The number of thiophene rings is 1. The molecule has 1 aromatic rings. The molecule has 1 heterocycles. The van der Waals surface area contributed by atoms with E-state index in [0.717, 1.165) is 11.6 Å². The van der Waals surface area contributed by atoms with Crippen molar-refractivity contribution in [2.75, 3.05) is 0 Å². The number of allylic oxidation sites excluding steroid dienone is 1. The summed E-state index contributed by atoms with van der Waals surface area (Å²) in [5.41, 5.74) is 0.929. The van der Waals surface area contributed by atoms with Crippen molar-refractivity contribution in [1.29, 1.82) is 0 Å². The number of carbonyl (C=O) groups is 1. The smallest absolute Gasteiger partial charge is 0.878 e. The zero-order valence-corrected chi connectivity index (χ0v) is 9.85. The van der Waals surface area contributed by atoms with Crippen LogP contribution in [-0.4, -0.2) is 5.78 Å². The maximum Gasteiger partial charge on any atom is 1.00 e. The Hall–Kier alpha value is -0.0900. The first-order valence-electron chi connectivity index (χ1n) is 3.12. The number of rotatable bonds is 2. The number of hydrogen-bond acceptors (Lipinski definition) is 3. The Morgan fingerprint density at radius 1 is 1.67 bits per heavy atom. The molecular weight excluding hydrogens is 183 g/mol. The van der Waals surface area contributed by atoms with Crippen LogP contribution in [0.5, 0.6) is 0 Å². The average Bonchev–Trinajstić information content (AvgIpc) is 2.36. The molecule has 1 aromatic heterocycles. The van der Waals surface area contributed by atoms with Gasteiger partial charge in [-0.25, -0.2) is 0 Å². The van der Waals surface area contributed by atoms with Gasteiger partial charge in [-0.1, -0.05) is 0 Å². The predicted octanol–water partition coefficient (Wildman–Crippen LogP) is -1.88. The van der Waals surface area contributed by atoms with E-state index < -0.39 is 0 Å². The van der Waals surface area contributed by atoms with E-state index in [1.165, 1.54) is 11.3 Å². The molecule has 0 spiro atoms. The summed E-state index contributed by atoms with van der Waals surface area (Å²) in [6, 6.07) is 1.86. The molecule has 0 bridgehead atoms. The molecule has 0 N–H and O–H groups in total. The number of hydrogen-bond donors (Lipinski definition) is 0. The molecule has 0 amide bonds. The zero-order valence-electron chi connectivity index (χ0n) is 7.03. The third-order valence-electron chi connectivity index (χ3n) is 1.31. The van der Waals surface area contributed by atoms with E-state index >= 15 is 0 Å². The van der Waals surface area contributed by atoms with E-state index in [-0.39, 0.29) is 35.3 Å². The third-order valence-corrected chi connectivity index (χ3v) is 2.34. The molecule has 58 valence electrons. The van der Waals surface area contributed by atoms with Gasteiger partial charge >= 0.3 is 29.6 Å². The Morgan fingerprint density at radius 3 is 2.75 bits per heavy atom. The molecule has 0 aliphatic heterocycles. The minimum absolute atomic E-state index is 0. The van der Waals surface area contributed by atoms with Gasteiger partial charge in [0.15, 0.2) is 5.78 Å². The molecule has 12 heavy (non-hydrogen) atoms. The van der Waals surface area contributed by atoms with Crippen LogP contribution < -0.4 is 34.7 Å². The van der Waals surface area contributed by atoms with Gasteiger partial charge < -0.3 is 5.11 Å². The van der Waals surface area contributed by atoms with E-state index in [1.807, 2.05) is 18.4 Å². The SMILES string of the molecule is Cc1ccsc1C(=O)C=C[O-].[Na+]. The van der Waals surface area contributed by atoms with E-state index in [1.54, 1.807) is 0 Å². The van der Waals surface area contributed by atoms with Gasteiger partial charge in [0, 0.05) is 0 Å². The van der Waals surface area contributed by atoms with Crippen LogP contribution in [0.3, 0.4) is 0 Å². The summed E-state index contributed by atoms with van der Waals surface area (Å²) in [5, 5.41) is 11.8. The summed E-state index contributed by atoms with van der Waals surface area (Å²) in [5.74, 6) is -0.201. The van der Waals surface area contributed by atoms with Crippen molar-refractivity contribution < 1.29 is 39.5 Å². The summed E-state index contributed by atoms with van der Waals surface area (Å²) >= 11 is 1.36. The predicted molar refractivity (Wildman–Crippen MR) is 42.5 cm³/mol. The minimum atomic E-state index is -0.201. The first-order valence-corrected chi connectivity index (χ1v) is 4.00. The molecule has 4 heteroatoms. The summed E-state index contributed by atoms with van der Waals surface area (Å²) in [7, 11) is 0. The van der Waals surface area contributed by atoms with Crippen LogP contribution in [0.25, 0.3) is 0 Å². The van der Waals surface area contributed by atoms with Gasteiger partial charge in [-0.05, 0) is 30.0 Å². The molecule has 0 fully saturated rings. The zero-order chi connectivity index (χ0) is 8.27. The third kappa shape index (κ3) is 2.75. The van der Waals surface area contributed by atoms with Crippen LogP contribution >= 0.6 is 11.3 Å². The van der Waals surface area contributed by atoms with E-state index in [0.29, 0.717) is 11.1 Å². The molecular formula is C8H7NaO2S. The fourth-order valence-corrected chi connectivity index (χ4v) is 1.61. The van der Waals surface area contributed by atoms with Crippen LogP contribution in [0.15, 0.2) is 23.8 Å². The van der Waals surface area contributed by atoms with Crippen LogP contribution in [0.4, 0.5) is 0 Å². The van der Waals surface area contributed by atoms with Crippen molar-refractivity contribution in [1.82, 2.24) is 0 Å². The monoisotopic (exact) mass is 190 g/mol. The molecule has 0 aliphatic rings. The number of ketones is 1. The topological polar surface area (TPSA) is 40.1 Å². The van der Waals surface area contributed by atoms with Crippen LogP contribution in [0.2, 0.25) is 0 Å². The summed E-state index contributed by atoms with van der Waals surface area (Å²) in [4.78, 5) is 11.7. The Kier molecular flexibility index (Phi) is 5.50. The van der Waals surface area contributed by atoms with E-state index in [4.69, 9.17) is 0 Å². The van der Waals surface area contributed by atoms with Gasteiger partial charge in [0.2, 0.25) is 0 Å². The second-order valence-electron chi connectivity index (χ2n) is 2.10. The fraction of sp³-hybridized carbons (Fsp3) is 0.125. The molecule has 0 aromatic carbocycles.